The summed E-state index contributed by atoms with van der Waals surface area (Å²) in [5.74, 6) is -0.623. The SMILES string of the molecule is CC/C=C/C=C/C=C/CCCCCCCC(=O)OCC(CO)OC(=O)CCCCCCCCCCCC/C=C/C=C/CCCCC. The summed E-state index contributed by atoms with van der Waals surface area (Å²) in [7, 11) is 0. The lowest BCUT2D eigenvalue weighted by Crippen LogP contribution is -2.28. The number of ether oxygens (including phenoxy) is 2. The van der Waals surface area contributed by atoms with Crippen LogP contribution in [0.25, 0.3) is 0 Å². The zero-order chi connectivity index (χ0) is 33.6. The van der Waals surface area contributed by atoms with E-state index in [1.807, 2.05) is 6.08 Å². The Morgan fingerprint density at radius 2 is 0.935 bits per heavy atom. The summed E-state index contributed by atoms with van der Waals surface area (Å²) in [6.07, 6.45) is 47.0. The Labute approximate surface area is 283 Å². The van der Waals surface area contributed by atoms with Gasteiger partial charge in [-0.05, 0) is 57.8 Å². The molecule has 0 aromatic heterocycles. The van der Waals surface area contributed by atoms with Gasteiger partial charge in [0.25, 0.3) is 0 Å². The van der Waals surface area contributed by atoms with Crippen molar-refractivity contribution in [2.45, 2.75) is 174 Å². The van der Waals surface area contributed by atoms with E-state index in [2.05, 4.69) is 68.5 Å². The molecule has 0 aromatic rings. The summed E-state index contributed by atoms with van der Waals surface area (Å²) in [5, 5.41) is 9.54. The molecule has 0 saturated carbocycles. The first kappa shape index (κ1) is 43.6. The molecule has 1 N–H and O–H groups in total. The van der Waals surface area contributed by atoms with Crippen LogP contribution in [0, 0.1) is 0 Å². The average Bonchev–Trinajstić information content (AvgIpc) is 3.06. The molecule has 0 radical (unpaired) electrons. The minimum atomic E-state index is -0.782. The predicted octanol–water partition coefficient (Wildman–Crippen LogP) is 11.6. The first-order valence-corrected chi connectivity index (χ1v) is 18.9. The highest BCUT2D eigenvalue weighted by atomic mass is 16.6. The van der Waals surface area contributed by atoms with Gasteiger partial charge in [-0.2, -0.15) is 0 Å². The van der Waals surface area contributed by atoms with Crippen molar-refractivity contribution in [1.82, 2.24) is 0 Å². The molecular formula is C41H70O5. The number of unbranched alkanes of at least 4 members (excludes halogenated alkanes) is 18. The minimum Gasteiger partial charge on any atom is -0.462 e. The molecule has 1 unspecified atom stereocenters. The normalized spacial score (nSPS) is 12.8. The lowest BCUT2D eigenvalue weighted by molar-refractivity contribution is -0.161. The van der Waals surface area contributed by atoms with Crippen LogP contribution in [0.3, 0.4) is 0 Å². The molecule has 0 rings (SSSR count). The Hall–Kier alpha value is -2.40. The van der Waals surface area contributed by atoms with E-state index in [9.17, 15) is 14.7 Å². The zero-order valence-corrected chi connectivity index (χ0v) is 29.8. The standard InChI is InChI=1S/C41H70O5/c1-3-5-7-9-11-13-15-17-18-19-20-21-22-24-26-28-30-32-34-36-41(44)46-39(37-42)38-45-40(43)35-33-31-29-27-25-23-16-14-12-10-8-6-4-2/h6,8,10-17,39,42H,3-5,7,9,18-38H2,1-2H3/b8-6+,12-10+,13-11+,16-14+,17-15+. The van der Waals surface area contributed by atoms with Gasteiger partial charge >= 0.3 is 11.9 Å². The van der Waals surface area contributed by atoms with Crippen molar-refractivity contribution in [3.8, 4) is 0 Å². The van der Waals surface area contributed by atoms with Gasteiger partial charge in [0.15, 0.2) is 6.10 Å². The first-order chi connectivity index (χ1) is 22.6. The Kier molecular flexibility index (Phi) is 35.1. The molecule has 0 saturated heterocycles. The van der Waals surface area contributed by atoms with Gasteiger partial charge in [-0.25, -0.2) is 0 Å². The van der Waals surface area contributed by atoms with Crippen LogP contribution >= 0.6 is 0 Å². The van der Waals surface area contributed by atoms with Gasteiger partial charge in [-0.15, -0.1) is 0 Å². The topological polar surface area (TPSA) is 72.8 Å². The van der Waals surface area contributed by atoms with E-state index in [4.69, 9.17) is 9.47 Å². The van der Waals surface area contributed by atoms with Crippen LogP contribution in [0.1, 0.15) is 168 Å². The fourth-order valence-corrected chi connectivity index (χ4v) is 5.01. The third kappa shape index (κ3) is 34.5. The number of rotatable bonds is 33. The molecule has 1 atom stereocenters. The molecule has 46 heavy (non-hydrogen) atoms. The molecule has 0 amide bonds. The number of carbonyl (C=O) groups is 2. The minimum absolute atomic E-state index is 0.0800. The van der Waals surface area contributed by atoms with Gasteiger partial charge in [0.2, 0.25) is 0 Å². The maximum absolute atomic E-state index is 12.2. The average molecular weight is 643 g/mol. The van der Waals surface area contributed by atoms with Crippen LogP contribution in [-0.2, 0) is 19.1 Å². The van der Waals surface area contributed by atoms with Gasteiger partial charge in [0, 0.05) is 12.8 Å². The van der Waals surface area contributed by atoms with E-state index in [1.165, 1.54) is 77.0 Å². The summed E-state index contributed by atoms with van der Waals surface area (Å²) in [6, 6.07) is 0. The summed E-state index contributed by atoms with van der Waals surface area (Å²) in [5.41, 5.74) is 0. The van der Waals surface area contributed by atoms with Crippen LogP contribution in [-0.4, -0.2) is 36.4 Å². The lowest BCUT2D eigenvalue weighted by Gasteiger charge is -2.15. The van der Waals surface area contributed by atoms with E-state index in [1.54, 1.807) is 0 Å². The Balaban J connectivity index is 3.59. The Morgan fingerprint density at radius 1 is 0.522 bits per heavy atom. The monoisotopic (exact) mass is 643 g/mol. The van der Waals surface area contributed by atoms with Gasteiger partial charge < -0.3 is 14.6 Å². The third-order valence-electron chi connectivity index (χ3n) is 7.88. The van der Waals surface area contributed by atoms with Crippen molar-refractivity contribution in [3.63, 3.8) is 0 Å². The van der Waals surface area contributed by atoms with Crippen molar-refractivity contribution in [2.75, 3.05) is 13.2 Å². The molecule has 0 aliphatic carbocycles. The molecule has 0 bridgehead atoms. The molecule has 0 spiro atoms. The van der Waals surface area contributed by atoms with Crippen molar-refractivity contribution in [3.05, 3.63) is 60.8 Å². The third-order valence-corrected chi connectivity index (χ3v) is 7.88. The number of hydrogen-bond donors (Lipinski definition) is 1. The summed E-state index contributed by atoms with van der Waals surface area (Å²) < 4.78 is 10.6. The van der Waals surface area contributed by atoms with Crippen LogP contribution in [0.4, 0.5) is 0 Å². The fraction of sp³-hybridized carbons (Fsp3) is 0.707. The number of aliphatic hydroxyl groups excluding tert-OH is 1. The summed E-state index contributed by atoms with van der Waals surface area (Å²) in [4.78, 5) is 24.2. The maximum Gasteiger partial charge on any atom is 0.306 e. The Morgan fingerprint density at radius 3 is 1.41 bits per heavy atom. The van der Waals surface area contributed by atoms with Crippen LogP contribution in [0.5, 0.6) is 0 Å². The molecule has 264 valence electrons. The second-order valence-corrected chi connectivity index (χ2v) is 12.4. The smallest absolute Gasteiger partial charge is 0.306 e. The molecule has 0 aromatic carbocycles. The second-order valence-electron chi connectivity index (χ2n) is 12.4. The van der Waals surface area contributed by atoms with E-state index < -0.39 is 6.10 Å². The molecule has 0 aliphatic rings. The summed E-state index contributed by atoms with van der Waals surface area (Å²) >= 11 is 0. The van der Waals surface area contributed by atoms with E-state index in [0.717, 1.165) is 64.2 Å². The molecule has 5 heteroatoms. The van der Waals surface area contributed by atoms with Gasteiger partial charge in [0.1, 0.15) is 6.61 Å². The van der Waals surface area contributed by atoms with E-state index in [0.29, 0.717) is 12.8 Å². The van der Waals surface area contributed by atoms with E-state index >= 15 is 0 Å². The van der Waals surface area contributed by atoms with Gasteiger partial charge in [0.05, 0.1) is 6.61 Å². The quantitative estimate of drug-likeness (QED) is 0.0438. The fourth-order valence-electron chi connectivity index (χ4n) is 5.01. The highest BCUT2D eigenvalue weighted by Gasteiger charge is 2.16. The van der Waals surface area contributed by atoms with Crippen molar-refractivity contribution in [2.24, 2.45) is 0 Å². The molecule has 0 aliphatic heterocycles. The molecule has 0 fully saturated rings. The zero-order valence-electron chi connectivity index (χ0n) is 29.8. The van der Waals surface area contributed by atoms with Crippen LogP contribution in [0.15, 0.2) is 60.8 Å². The molecule has 0 heterocycles. The van der Waals surface area contributed by atoms with Crippen LogP contribution < -0.4 is 0 Å². The van der Waals surface area contributed by atoms with Crippen LogP contribution in [0.2, 0.25) is 0 Å². The predicted molar refractivity (Wildman–Crippen MR) is 196 cm³/mol. The van der Waals surface area contributed by atoms with Gasteiger partial charge in [-0.1, -0.05) is 158 Å². The highest BCUT2D eigenvalue weighted by molar-refractivity contribution is 5.70. The highest BCUT2D eigenvalue weighted by Crippen LogP contribution is 2.13. The number of carbonyl (C=O) groups excluding carboxylic acids is 2. The lowest BCUT2D eigenvalue weighted by atomic mass is 10.1. The number of allylic oxidation sites excluding steroid dienone is 10. The van der Waals surface area contributed by atoms with Crippen molar-refractivity contribution in [1.29, 1.82) is 0 Å². The number of esters is 2. The van der Waals surface area contributed by atoms with Crippen molar-refractivity contribution >= 4 is 11.9 Å². The molecular weight excluding hydrogens is 572 g/mol. The largest absolute Gasteiger partial charge is 0.462 e. The second kappa shape index (κ2) is 37.1. The van der Waals surface area contributed by atoms with Gasteiger partial charge in [-0.3, -0.25) is 9.59 Å². The Bertz CT molecular complexity index is 823. The molecule has 5 nitrogen and oxygen atoms in total. The van der Waals surface area contributed by atoms with E-state index in [-0.39, 0.29) is 25.2 Å². The number of aliphatic hydroxyl groups is 1. The van der Waals surface area contributed by atoms with Crippen molar-refractivity contribution < 1.29 is 24.2 Å². The first-order valence-electron chi connectivity index (χ1n) is 18.9. The summed E-state index contributed by atoms with van der Waals surface area (Å²) in [6.45, 7) is 3.94. The number of hydrogen-bond acceptors (Lipinski definition) is 5. The maximum atomic E-state index is 12.2.